The van der Waals surface area contributed by atoms with E-state index >= 15 is 0 Å². The van der Waals surface area contributed by atoms with Crippen molar-refractivity contribution in [2.24, 2.45) is 7.05 Å². The van der Waals surface area contributed by atoms with E-state index in [1.165, 1.54) is 4.52 Å². The van der Waals surface area contributed by atoms with E-state index in [1.807, 2.05) is 0 Å². The first-order valence-electron chi connectivity index (χ1n) is 11.4. The second-order valence-electron chi connectivity index (χ2n) is 8.82. The van der Waals surface area contributed by atoms with Gasteiger partial charge < -0.3 is 14.8 Å². The number of aryl methyl sites for hydroxylation is 1. The van der Waals surface area contributed by atoms with Gasteiger partial charge in [-0.25, -0.2) is 9.78 Å². The smallest absolute Gasteiger partial charge is 0.340 e. The lowest BCUT2D eigenvalue weighted by Crippen LogP contribution is -2.31. The molecule has 0 radical (unpaired) electrons. The molecule has 0 spiro atoms. The normalized spacial score (nSPS) is 13.2. The first-order chi connectivity index (χ1) is 18.3. The highest BCUT2D eigenvalue weighted by Gasteiger charge is 2.37. The minimum Gasteiger partial charge on any atom is -0.478 e. The number of aliphatic hydroxyl groups is 1. The van der Waals surface area contributed by atoms with E-state index in [9.17, 15) is 15.0 Å². The standard InChI is InChI=1S/C27H18Cl2N6O3/c1-34-14-30-13-22(34)27(38,16-5-8-18(28)9-6-16)17-7-10-21-20(12-17)23(15-3-2-4-19(29)11-15)24(26(36)37)25-31-32-33-35(21)25/h2-14,38H,1H3,(H,36,37). The number of benzene rings is 3. The molecule has 11 heteroatoms. The minimum atomic E-state index is -1.66. The van der Waals surface area contributed by atoms with Gasteiger partial charge in [-0.15, -0.1) is 5.10 Å². The molecule has 0 saturated carbocycles. The maximum Gasteiger partial charge on any atom is 0.340 e. The molecule has 188 valence electrons. The van der Waals surface area contributed by atoms with Gasteiger partial charge in [0.2, 0.25) is 0 Å². The predicted octanol–water partition coefficient (Wildman–Crippen LogP) is 4.97. The zero-order valence-corrected chi connectivity index (χ0v) is 21.3. The molecule has 38 heavy (non-hydrogen) atoms. The summed E-state index contributed by atoms with van der Waals surface area (Å²) in [5.41, 5.74) is 1.38. The molecule has 3 aromatic carbocycles. The Morgan fingerprint density at radius 1 is 0.974 bits per heavy atom. The van der Waals surface area contributed by atoms with Crippen LogP contribution in [0.5, 0.6) is 0 Å². The van der Waals surface area contributed by atoms with Crippen molar-refractivity contribution in [1.29, 1.82) is 0 Å². The molecule has 0 aliphatic carbocycles. The van der Waals surface area contributed by atoms with Crippen LogP contribution >= 0.6 is 23.2 Å². The van der Waals surface area contributed by atoms with Crippen LogP contribution in [0, 0.1) is 0 Å². The van der Waals surface area contributed by atoms with E-state index in [2.05, 4.69) is 20.5 Å². The molecule has 1 atom stereocenters. The van der Waals surface area contributed by atoms with Crippen molar-refractivity contribution < 1.29 is 15.0 Å². The van der Waals surface area contributed by atoms with E-state index in [0.29, 0.717) is 48.9 Å². The number of rotatable bonds is 5. The largest absolute Gasteiger partial charge is 0.478 e. The van der Waals surface area contributed by atoms with Crippen LogP contribution < -0.4 is 0 Å². The third-order valence-corrected chi connectivity index (χ3v) is 7.12. The van der Waals surface area contributed by atoms with Gasteiger partial charge in [-0.05, 0) is 63.5 Å². The highest BCUT2D eigenvalue weighted by molar-refractivity contribution is 6.31. The Morgan fingerprint density at radius 3 is 2.42 bits per heavy atom. The van der Waals surface area contributed by atoms with Crippen molar-refractivity contribution in [1.82, 2.24) is 29.6 Å². The van der Waals surface area contributed by atoms with Crippen LogP contribution in [0.3, 0.4) is 0 Å². The van der Waals surface area contributed by atoms with Gasteiger partial charge in [0, 0.05) is 28.0 Å². The number of fused-ring (bicyclic) bond motifs is 3. The molecule has 3 heterocycles. The number of aromatic nitrogens is 6. The molecular formula is C27H18Cl2N6O3. The van der Waals surface area contributed by atoms with Gasteiger partial charge in [0.05, 0.1) is 23.7 Å². The molecule has 0 bridgehead atoms. The Balaban J connectivity index is 1.75. The monoisotopic (exact) mass is 544 g/mol. The van der Waals surface area contributed by atoms with Crippen LogP contribution in [-0.4, -0.2) is 45.8 Å². The number of carbonyl (C=O) groups is 1. The Hall–Kier alpha value is -4.31. The van der Waals surface area contributed by atoms with E-state index in [1.54, 1.807) is 90.9 Å². The molecule has 9 nitrogen and oxygen atoms in total. The van der Waals surface area contributed by atoms with Crippen LogP contribution in [0.4, 0.5) is 0 Å². The molecular weight excluding hydrogens is 527 g/mol. The summed E-state index contributed by atoms with van der Waals surface area (Å²) in [4.78, 5) is 16.8. The average Bonchev–Trinajstić information content (AvgIpc) is 3.57. The number of hydrogen-bond acceptors (Lipinski definition) is 6. The Kier molecular flexibility index (Phi) is 5.64. The number of carboxylic acids is 1. The highest BCUT2D eigenvalue weighted by atomic mass is 35.5. The first kappa shape index (κ1) is 24.1. The van der Waals surface area contributed by atoms with Crippen LogP contribution in [0.1, 0.15) is 27.2 Å². The summed E-state index contributed by atoms with van der Waals surface area (Å²) < 4.78 is 3.10. The van der Waals surface area contributed by atoms with Crippen molar-refractivity contribution >= 4 is 45.7 Å². The maximum atomic E-state index is 12.6. The summed E-state index contributed by atoms with van der Waals surface area (Å²) in [6.07, 6.45) is 3.19. The van der Waals surface area contributed by atoms with Crippen LogP contribution in [-0.2, 0) is 12.6 Å². The molecule has 6 aromatic rings. The van der Waals surface area contributed by atoms with Crippen molar-refractivity contribution in [2.75, 3.05) is 0 Å². The fourth-order valence-electron chi connectivity index (χ4n) is 4.90. The van der Waals surface area contributed by atoms with E-state index < -0.39 is 11.6 Å². The quantitative estimate of drug-likeness (QED) is 0.314. The van der Waals surface area contributed by atoms with Gasteiger partial charge in [-0.1, -0.05) is 53.5 Å². The summed E-state index contributed by atoms with van der Waals surface area (Å²) in [6, 6.07) is 19.0. The predicted molar refractivity (Wildman–Crippen MR) is 142 cm³/mol. The second-order valence-corrected chi connectivity index (χ2v) is 9.69. The highest BCUT2D eigenvalue weighted by Crippen LogP contribution is 2.41. The number of carboxylic acid groups (broad SMARTS) is 1. The average molecular weight is 545 g/mol. The van der Waals surface area contributed by atoms with E-state index in [-0.39, 0.29) is 11.2 Å². The molecule has 0 fully saturated rings. The summed E-state index contributed by atoms with van der Waals surface area (Å²) >= 11 is 12.5. The minimum absolute atomic E-state index is 0.0857. The summed E-state index contributed by atoms with van der Waals surface area (Å²) in [5, 5.41) is 35.9. The Bertz CT molecular complexity index is 1870. The van der Waals surface area contributed by atoms with Crippen LogP contribution in [0.2, 0.25) is 10.0 Å². The van der Waals surface area contributed by atoms with Crippen molar-refractivity contribution in [2.45, 2.75) is 5.60 Å². The van der Waals surface area contributed by atoms with E-state index in [4.69, 9.17) is 23.2 Å². The molecule has 0 saturated heterocycles. The number of aromatic carboxylic acids is 1. The van der Waals surface area contributed by atoms with Crippen molar-refractivity contribution in [3.8, 4) is 11.1 Å². The van der Waals surface area contributed by atoms with E-state index in [0.717, 1.165) is 0 Å². The molecule has 6 rings (SSSR count). The first-order valence-corrected chi connectivity index (χ1v) is 12.2. The fraction of sp³-hybridized carbons (Fsp3) is 0.0741. The van der Waals surface area contributed by atoms with Gasteiger partial charge >= 0.3 is 5.97 Å². The fourth-order valence-corrected chi connectivity index (χ4v) is 5.22. The van der Waals surface area contributed by atoms with Gasteiger partial charge in [-0.2, -0.15) is 4.52 Å². The summed E-state index contributed by atoms with van der Waals surface area (Å²) in [5.74, 6) is -1.20. The number of hydrogen-bond donors (Lipinski definition) is 2. The number of tetrazole rings is 1. The van der Waals surface area contributed by atoms with Gasteiger partial charge in [0.15, 0.2) is 11.2 Å². The lowest BCUT2D eigenvalue weighted by molar-refractivity contribution is 0.0699. The van der Waals surface area contributed by atoms with Crippen LogP contribution in [0.25, 0.3) is 27.7 Å². The lowest BCUT2D eigenvalue weighted by Gasteiger charge is -2.30. The second kappa shape index (κ2) is 8.91. The zero-order chi connectivity index (χ0) is 26.6. The summed E-state index contributed by atoms with van der Waals surface area (Å²) in [7, 11) is 1.79. The van der Waals surface area contributed by atoms with Gasteiger partial charge in [0.25, 0.3) is 0 Å². The lowest BCUT2D eigenvalue weighted by atomic mass is 9.82. The Morgan fingerprint density at radius 2 is 1.74 bits per heavy atom. The number of imidazole rings is 1. The number of pyridine rings is 1. The third kappa shape index (κ3) is 3.63. The third-order valence-electron chi connectivity index (χ3n) is 6.63. The molecule has 3 aromatic heterocycles. The zero-order valence-electron chi connectivity index (χ0n) is 19.7. The molecule has 2 N–H and O–H groups in total. The molecule has 0 amide bonds. The Labute approximate surface area is 225 Å². The number of halogens is 2. The summed E-state index contributed by atoms with van der Waals surface area (Å²) in [6.45, 7) is 0. The SMILES string of the molecule is Cn1cncc1C(O)(c1ccc(Cl)cc1)c1ccc2c(c1)c(-c1cccc(Cl)c1)c(C(=O)O)c1nnnn12. The van der Waals surface area contributed by atoms with Crippen molar-refractivity contribution in [3.63, 3.8) is 0 Å². The van der Waals surface area contributed by atoms with Crippen molar-refractivity contribution in [3.05, 3.63) is 112 Å². The maximum absolute atomic E-state index is 12.6. The number of nitrogens with zero attached hydrogens (tertiary/aromatic N) is 6. The molecule has 1 unspecified atom stereocenters. The van der Waals surface area contributed by atoms with Gasteiger partial charge in [0.1, 0.15) is 5.56 Å². The van der Waals surface area contributed by atoms with Gasteiger partial charge in [-0.3, -0.25) is 0 Å². The van der Waals surface area contributed by atoms with Crippen LogP contribution in [0.15, 0.2) is 79.3 Å². The molecule has 0 aliphatic rings. The topological polar surface area (TPSA) is 118 Å². The molecule has 0 aliphatic heterocycles.